The average Bonchev–Trinajstić information content (AvgIpc) is 3.39. The standard InChI is InChI=1S/C27H40N6O2S/c1-30-12-10-22(11-13-30)31-14-16-32(17-15-31)33(26(28)34)27-29-24(19-36-27)21-8-9-23(25(18-21)35-2)20-6-4-3-5-7-20/h8-9,18-20,22H,3-7,10-17H2,1-2H3,(H2,28,34). The summed E-state index contributed by atoms with van der Waals surface area (Å²) in [5.74, 6) is 1.51. The molecule has 1 aromatic heterocycles. The predicted octanol–water partition coefficient (Wildman–Crippen LogP) is 4.38. The van der Waals surface area contributed by atoms with E-state index in [9.17, 15) is 4.79 Å². The molecular formula is C27H40N6O2S. The molecule has 1 saturated carbocycles. The zero-order valence-corrected chi connectivity index (χ0v) is 22.5. The zero-order valence-electron chi connectivity index (χ0n) is 21.7. The number of benzene rings is 1. The molecule has 2 saturated heterocycles. The molecule has 3 aliphatic rings. The van der Waals surface area contributed by atoms with E-state index in [1.807, 2.05) is 5.38 Å². The van der Waals surface area contributed by atoms with Gasteiger partial charge in [-0.25, -0.2) is 14.8 Å². The average molecular weight is 513 g/mol. The Morgan fingerprint density at radius 3 is 2.44 bits per heavy atom. The smallest absolute Gasteiger partial charge is 0.336 e. The van der Waals surface area contributed by atoms with E-state index >= 15 is 0 Å². The zero-order chi connectivity index (χ0) is 25.1. The number of piperazine rings is 1. The minimum absolute atomic E-state index is 0.478. The number of thiazole rings is 1. The lowest BCUT2D eigenvalue weighted by molar-refractivity contribution is 0.0632. The number of carbonyl (C=O) groups excluding carboxylic acids is 1. The van der Waals surface area contributed by atoms with Crippen molar-refractivity contribution < 1.29 is 9.53 Å². The van der Waals surface area contributed by atoms with Gasteiger partial charge in [0.1, 0.15) is 5.75 Å². The number of urea groups is 1. The van der Waals surface area contributed by atoms with E-state index in [-0.39, 0.29) is 0 Å². The molecule has 2 N–H and O–H groups in total. The molecule has 8 nitrogen and oxygen atoms in total. The van der Waals surface area contributed by atoms with Gasteiger partial charge in [0.2, 0.25) is 5.13 Å². The third kappa shape index (κ3) is 5.54. The Morgan fingerprint density at radius 1 is 1.06 bits per heavy atom. The van der Waals surface area contributed by atoms with E-state index in [0.29, 0.717) is 17.1 Å². The van der Waals surface area contributed by atoms with Crippen LogP contribution in [0.1, 0.15) is 56.4 Å². The Labute approximate surface area is 219 Å². The first-order valence-corrected chi connectivity index (χ1v) is 14.3. The lowest BCUT2D eigenvalue weighted by Gasteiger charge is -2.44. The summed E-state index contributed by atoms with van der Waals surface area (Å²) in [6.07, 6.45) is 8.82. The molecule has 5 rings (SSSR count). The number of amides is 2. The molecule has 1 aliphatic carbocycles. The number of nitrogens with two attached hydrogens (primary N) is 1. The largest absolute Gasteiger partial charge is 0.496 e. The minimum atomic E-state index is -0.478. The first kappa shape index (κ1) is 25.4. The molecule has 0 spiro atoms. The van der Waals surface area contributed by atoms with Crippen LogP contribution in [0.4, 0.5) is 9.93 Å². The van der Waals surface area contributed by atoms with Crippen molar-refractivity contribution in [2.24, 2.45) is 5.73 Å². The van der Waals surface area contributed by atoms with Crippen LogP contribution in [-0.4, -0.2) is 85.3 Å². The van der Waals surface area contributed by atoms with E-state index in [0.717, 1.165) is 56.3 Å². The van der Waals surface area contributed by atoms with Crippen LogP contribution in [0.5, 0.6) is 5.75 Å². The molecule has 0 atom stereocenters. The predicted molar refractivity (Wildman–Crippen MR) is 146 cm³/mol. The highest BCUT2D eigenvalue weighted by molar-refractivity contribution is 7.14. The molecule has 1 aromatic carbocycles. The minimum Gasteiger partial charge on any atom is -0.496 e. The van der Waals surface area contributed by atoms with Gasteiger partial charge in [0.05, 0.1) is 12.8 Å². The molecular weight excluding hydrogens is 472 g/mol. The SMILES string of the molecule is COc1cc(-c2csc(N(C(N)=O)N3CCN(C4CCN(C)CC4)CC3)n2)ccc1C1CCCCC1. The molecule has 0 radical (unpaired) electrons. The fraction of sp³-hybridized carbons (Fsp3) is 0.630. The Morgan fingerprint density at radius 2 is 1.78 bits per heavy atom. The van der Waals surface area contributed by atoms with Gasteiger partial charge in [0.25, 0.3) is 0 Å². The second kappa shape index (κ2) is 11.5. The lowest BCUT2D eigenvalue weighted by atomic mass is 9.83. The molecule has 0 bridgehead atoms. The number of hydrogen-bond acceptors (Lipinski definition) is 7. The number of rotatable bonds is 6. The van der Waals surface area contributed by atoms with E-state index in [4.69, 9.17) is 15.5 Å². The van der Waals surface area contributed by atoms with Gasteiger partial charge in [-0.05, 0) is 63.4 Å². The molecule has 196 valence electrons. The van der Waals surface area contributed by atoms with Crippen molar-refractivity contribution in [2.45, 2.75) is 56.9 Å². The van der Waals surface area contributed by atoms with Crippen LogP contribution in [0.3, 0.4) is 0 Å². The normalized spacial score (nSPS) is 21.5. The number of piperidine rings is 1. The van der Waals surface area contributed by atoms with Crippen molar-refractivity contribution in [1.29, 1.82) is 0 Å². The fourth-order valence-corrected chi connectivity index (χ4v) is 6.97. The second-order valence-corrected chi connectivity index (χ2v) is 11.3. The number of anilines is 1. The first-order chi connectivity index (χ1) is 17.5. The maximum absolute atomic E-state index is 12.5. The van der Waals surface area contributed by atoms with Gasteiger partial charge in [-0.15, -0.1) is 11.3 Å². The number of hydrazine groups is 1. The third-order valence-electron chi connectivity index (χ3n) is 8.23. The van der Waals surface area contributed by atoms with Crippen LogP contribution < -0.4 is 15.5 Å². The Hall–Kier alpha value is -2.20. The summed E-state index contributed by atoms with van der Waals surface area (Å²) in [5, 5.41) is 6.27. The summed E-state index contributed by atoms with van der Waals surface area (Å²) in [7, 11) is 3.94. The summed E-state index contributed by atoms with van der Waals surface area (Å²) in [6, 6.07) is 6.60. The molecule has 3 heterocycles. The monoisotopic (exact) mass is 512 g/mol. The van der Waals surface area contributed by atoms with Gasteiger partial charge in [-0.3, -0.25) is 4.90 Å². The first-order valence-electron chi connectivity index (χ1n) is 13.4. The summed E-state index contributed by atoms with van der Waals surface area (Å²) < 4.78 is 5.79. The van der Waals surface area contributed by atoms with Crippen LogP contribution in [0.25, 0.3) is 11.3 Å². The van der Waals surface area contributed by atoms with Gasteiger partial charge >= 0.3 is 6.03 Å². The van der Waals surface area contributed by atoms with Crippen LogP contribution in [0.2, 0.25) is 0 Å². The van der Waals surface area contributed by atoms with E-state index < -0.39 is 6.03 Å². The number of methoxy groups -OCH3 is 1. The third-order valence-corrected chi connectivity index (χ3v) is 9.05. The van der Waals surface area contributed by atoms with Crippen LogP contribution in [0.15, 0.2) is 23.6 Å². The van der Waals surface area contributed by atoms with Gasteiger partial charge in [-0.2, -0.15) is 5.01 Å². The molecule has 0 unspecified atom stereocenters. The number of ether oxygens (including phenoxy) is 1. The molecule has 3 fully saturated rings. The number of hydrogen-bond donors (Lipinski definition) is 1. The van der Waals surface area contributed by atoms with Gasteiger partial charge < -0.3 is 15.4 Å². The van der Waals surface area contributed by atoms with E-state index in [1.165, 1.54) is 61.8 Å². The number of carbonyl (C=O) groups is 1. The summed E-state index contributed by atoms with van der Waals surface area (Å²) >= 11 is 1.46. The molecule has 2 aliphatic heterocycles. The summed E-state index contributed by atoms with van der Waals surface area (Å²) in [5.41, 5.74) is 9.02. The molecule has 2 amide bonds. The summed E-state index contributed by atoms with van der Waals surface area (Å²) in [6.45, 7) is 5.74. The van der Waals surface area contributed by atoms with Crippen molar-refractivity contribution in [3.63, 3.8) is 0 Å². The lowest BCUT2D eigenvalue weighted by Crippen LogP contribution is -2.59. The Balaban J connectivity index is 1.28. The van der Waals surface area contributed by atoms with E-state index in [2.05, 4.69) is 40.1 Å². The van der Waals surface area contributed by atoms with Gasteiger partial charge in [0.15, 0.2) is 0 Å². The van der Waals surface area contributed by atoms with Crippen molar-refractivity contribution >= 4 is 22.5 Å². The van der Waals surface area contributed by atoms with Crippen LogP contribution >= 0.6 is 11.3 Å². The van der Waals surface area contributed by atoms with Gasteiger partial charge in [-0.1, -0.05) is 31.4 Å². The van der Waals surface area contributed by atoms with Crippen molar-refractivity contribution in [3.05, 3.63) is 29.1 Å². The number of nitrogens with zero attached hydrogens (tertiary/aromatic N) is 5. The number of likely N-dealkylation sites (tertiary alicyclic amines) is 1. The highest BCUT2D eigenvalue weighted by Crippen LogP contribution is 2.40. The van der Waals surface area contributed by atoms with E-state index in [1.54, 1.807) is 12.1 Å². The van der Waals surface area contributed by atoms with Crippen LogP contribution in [0, 0.1) is 0 Å². The highest BCUT2D eigenvalue weighted by atomic mass is 32.1. The van der Waals surface area contributed by atoms with Crippen molar-refractivity contribution in [3.8, 4) is 17.0 Å². The Bertz CT molecular complexity index is 1020. The maximum atomic E-state index is 12.5. The maximum Gasteiger partial charge on any atom is 0.336 e. The number of primary amides is 1. The Kier molecular flexibility index (Phi) is 8.10. The van der Waals surface area contributed by atoms with Crippen LogP contribution in [-0.2, 0) is 0 Å². The topological polar surface area (TPSA) is 78.2 Å². The highest BCUT2D eigenvalue weighted by Gasteiger charge is 2.31. The molecule has 36 heavy (non-hydrogen) atoms. The fourth-order valence-electron chi connectivity index (χ4n) is 6.11. The van der Waals surface area contributed by atoms with Crippen molar-refractivity contribution in [2.75, 3.05) is 58.4 Å². The second-order valence-electron chi connectivity index (χ2n) is 10.5. The quantitative estimate of drug-likeness (QED) is 0.619. The summed E-state index contributed by atoms with van der Waals surface area (Å²) in [4.78, 5) is 22.3. The molecule has 2 aromatic rings. The van der Waals surface area contributed by atoms with Crippen molar-refractivity contribution in [1.82, 2.24) is 19.8 Å². The number of aromatic nitrogens is 1. The molecule has 9 heteroatoms. The van der Waals surface area contributed by atoms with Gasteiger partial charge in [0, 0.05) is 43.2 Å².